The lowest BCUT2D eigenvalue weighted by Crippen LogP contribution is -2.52. The molecule has 4 rings (SSSR count). The Hall–Kier alpha value is -2.90. The molecule has 8 nitrogen and oxygen atoms in total. The van der Waals surface area contributed by atoms with E-state index in [0.717, 1.165) is 37.8 Å². The molecule has 2 unspecified atom stereocenters. The maximum Gasteiger partial charge on any atom is 0.255 e. The normalized spacial score (nSPS) is 24.8. The number of nitrogens with zero attached hydrogens (tertiary/aromatic N) is 2. The lowest BCUT2D eigenvalue weighted by atomic mass is 10.0. The van der Waals surface area contributed by atoms with Crippen molar-refractivity contribution in [2.45, 2.75) is 50.7 Å². The third kappa shape index (κ3) is 3.46. The lowest BCUT2D eigenvalue weighted by Gasteiger charge is -2.32. The van der Waals surface area contributed by atoms with Gasteiger partial charge in [0.05, 0.1) is 6.04 Å². The first-order valence-electron chi connectivity index (χ1n) is 9.68. The Morgan fingerprint density at radius 2 is 2.04 bits per heavy atom. The summed E-state index contributed by atoms with van der Waals surface area (Å²) in [6.07, 6.45) is 4.48. The van der Waals surface area contributed by atoms with Crippen molar-refractivity contribution in [2.24, 2.45) is 0 Å². The van der Waals surface area contributed by atoms with Crippen molar-refractivity contribution in [1.29, 1.82) is 0 Å². The molecule has 0 saturated carbocycles. The van der Waals surface area contributed by atoms with Gasteiger partial charge in [-0.05, 0) is 49.4 Å². The van der Waals surface area contributed by atoms with Gasteiger partial charge in [-0.25, -0.2) is 0 Å². The summed E-state index contributed by atoms with van der Waals surface area (Å²) in [5, 5.41) is 2.30. The molecule has 1 aromatic rings. The quantitative estimate of drug-likeness (QED) is 0.599. The molecule has 0 spiro atoms. The molecular formula is C20H23N3O5. The number of amides is 4. The van der Waals surface area contributed by atoms with E-state index in [-0.39, 0.29) is 24.3 Å². The summed E-state index contributed by atoms with van der Waals surface area (Å²) in [6.45, 7) is 1.50. The van der Waals surface area contributed by atoms with Crippen LogP contribution in [0.25, 0.3) is 0 Å². The van der Waals surface area contributed by atoms with Crippen LogP contribution in [0.3, 0.4) is 0 Å². The Bertz CT molecular complexity index is 824. The van der Waals surface area contributed by atoms with Crippen molar-refractivity contribution in [3.05, 3.63) is 29.3 Å². The molecule has 0 bridgehead atoms. The van der Waals surface area contributed by atoms with E-state index < -0.39 is 11.9 Å². The SMILES string of the molecule is O=CN1CCCCC1COc1ccc2c(c1)CN(C1CCC(=O)NC1=O)C2=O. The van der Waals surface area contributed by atoms with Crippen LogP contribution >= 0.6 is 0 Å². The molecule has 2 atom stereocenters. The molecule has 3 aliphatic rings. The van der Waals surface area contributed by atoms with Crippen LogP contribution in [-0.4, -0.2) is 59.2 Å². The highest BCUT2D eigenvalue weighted by Gasteiger charge is 2.39. The van der Waals surface area contributed by atoms with Crippen LogP contribution in [-0.2, 0) is 20.9 Å². The van der Waals surface area contributed by atoms with Crippen molar-refractivity contribution in [2.75, 3.05) is 13.2 Å². The van der Waals surface area contributed by atoms with E-state index in [1.165, 1.54) is 4.90 Å². The Balaban J connectivity index is 1.43. The summed E-state index contributed by atoms with van der Waals surface area (Å²) in [7, 11) is 0. The molecular weight excluding hydrogens is 362 g/mol. The average molecular weight is 385 g/mol. The molecule has 28 heavy (non-hydrogen) atoms. The maximum absolute atomic E-state index is 12.7. The topological polar surface area (TPSA) is 96.0 Å². The molecule has 8 heteroatoms. The standard InChI is InChI=1S/C20H23N3O5/c24-12-22-8-2-1-3-14(22)11-28-15-4-5-16-13(9-15)10-23(20(16)27)17-6-7-18(25)21-19(17)26/h4-5,9,12,14,17H,1-3,6-8,10-11H2,(H,21,25,26). The van der Waals surface area contributed by atoms with Crippen LogP contribution in [0.15, 0.2) is 18.2 Å². The summed E-state index contributed by atoms with van der Waals surface area (Å²) in [5.41, 5.74) is 1.37. The van der Waals surface area contributed by atoms with Gasteiger partial charge in [0.1, 0.15) is 18.4 Å². The Labute approximate surface area is 162 Å². The average Bonchev–Trinajstić information content (AvgIpc) is 3.02. The van der Waals surface area contributed by atoms with Crippen molar-refractivity contribution >= 4 is 24.1 Å². The van der Waals surface area contributed by atoms with Crippen molar-refractivity contribution in [3.8, 4) is 5.75 Å². The molecule has 2 saturated heterocycles. The first-order valence-corrected chi connectivity index (χ1v) is 9.68. The van der Waals surface area contributed by atoms with Crippen LogP contribution in [0.4, 0.5) is 0 Å². The van der Waals surface area contributed by atoms with E-state index in [1.54, 1.807) is 17.0 Å². The van der Waals surface area contributed by atoms with Gasteiger partial charge >= 0.3 is 0 Å². The van der Waals surface area contributed by atoms with E-state index in [0.29, 0.717) is 30.9 Å². The van der Waals surface area contributed by atoms with E-state index in [2.05, 4.69) is 5.32 Å². The second-order valence-corrected chi connectivity index (χ2v) is 7.52. The Morgan fingerprint density at radius 1 is 1.18 bits per heavy atom. The minimum Gasteiger partial charge on any atom is -0.491 e. The van der Waals surface area contributed by atoms with E-state index in [1.807, 2.05) is 6.07 Å². The maximum atomic E-state index is 12.7. The molecule has 3 heterocycles. The summed E-state index contributed by atoms with van der Waals surface area (Å²) >= 11 is 0. The van der Waals surface area contributed by atoms with Gasteiger partial charge < -0.3 is 14.5 Å². The number of carbonyl (C=O) groups is 4. The van der Waals surface area contributed by atoms with Crippen LogP contribution in [0.1, 0.15) is 48.0 Å². The van der Waals surface area contributed by atoms with E-state index in [4.69, 9.17) is 4.74 Å². The number of ether oxygens (including phenoxy) is 1. The lowest BCUT2D eigenvalue weighted by molar-refractivity contribution is -0.137. The zero-order valence-corrected chi connectivity index (χ0v) is 15.6. The zero-order valence-electron chi connectivity index (χ0n) is 15.6. The largest absolute Gasteiger partial charge is 0.491 e. The number of fused-ring (bicyclic) bond motifs is 1. The smallest absolute Gasteiger partial charge is 0.255 e. The van der Waals surface area contributed by atoms with Crippen LogP contribution < -0.4 is 10.1 Å². The van der Waals surface area contributed by atoms with Gasteiger partial charge in [0.25, 0.3) is 5.91 Å². The summed E-state index contributed by atoms with van der Waals surface area (Å²) in [6, 6.07) is 4.75. The highest BCUT2D eigenvalue weighted by molar-refractivity contribution is 6.05. The molecule has 2 fully saturated rings. The van der Waals surface area contributed by atoms with Crippen LogP contribution in [0, 0.1) is 0 Å². The van der Waals surface area contributed by atoms with E-state index >= 15 is 0 Å². The van der Waals surface area contributed by atoms with Gasteiger partial charge in [-0.3, -0.25) is 24.5 Å². The summed E-state index contributed by atoms with van der Waals surface area (Å²) in [5.74, 6) is -0.267. The van der Waals surface area contributed by atoms with Gasteiger partial charge in [-0.1, -0.05) is 0 Å². The Morgan fingerprint density at radius 3 is 2.82 bits per heavy atom. The second kappa shape index (κ2) is 7.61. The molecule has 1 aromatic carbocycles. The third-order valence-corrected chi connectivity index (χ3v) is 5.75. The van der Waals surface area contributed by atoms with Crippen molar-refractivity contribution < 1.29 is 23.9 Å². The number of carbonyl (C=O) groups excluding carboxylic acids is 4. The number of piperidine rings is 2. The highest BCUT2D eigenvalue weighted by atomic mass is 16.5. The molecule has 0 radical (unpaired) electrons. The number of hydrogen-bond acceptors (Lipinski definition) is 5. The predicted molar refractivity (Wildman–Crippen MR) is 98.4 cm³/mol. The molecule has 3 aliphatic heterocycles. The summed E-state index contributed by atoms with van der Waals surface area (Å²) in [4.78, 5) is 50.6. The molecule has 0 aliphatic carbocycles. The number of benzene rings is 1. The van der Waals surface area contributed by atoms with Crippen molar-refractivity contribution in [1.82, 2.24) is 15.1 Å². The number of rotatable bonds is 5. The zero-order chi connectivity index (χ0) is 19.7. The first kappa shape index (κ1) is 18.5. The molecule has 1 N–H and O–H groups in total. The fourth-order valence-electron chi connectivity index (χ4n) is 4.17. The third-order valence-electron chi connectivity index (χ3n) is 5.75. The van der Waals surface area contributed by atoms with Crippen LogP contribution in [0.2, 0.25) is 0 Å². The van der Waals surface area contributed by atoms with E-state index in [9.17, 15) is 19.2 Å². The molecule has 148 valence electrons. The fourth-order valence-corrected chi connectivity index (χ4v) is 4.17. The molecule has 4 amide bonds. The van der Waals surface area contributed by atoms with Gasteiger partial charge in [-0.15, -0.1) is 0 Å². The highest BCUT2D eigenvalue weighted by Crippen LogP contribution is 2.30. The first-order chi connectivity index (χ1) is 13.6. The van der Waals surface area contributed by atoms with Gasteiger partial charge in [-0.2, -0.15) is 0 Å². The number of nitrogens with one attached hydrogen (secondary N) is 1. The fraction of sp³-hybridized carbons (Fsp3) is 0.500. The predicted octanol–water partition coefficient (Wildman–Crippen LogP) is 0.837. The van der Waals surface area contributed by atoms with Crippen molar-refractivity contribution in [3.63, 3.8) is 0 Å². The minimum absolute atomic E-state index is 0.0705. The van der Waals surface area contributed by atoms with Crippen LogP contribution in [0.5, 0.6) is 5.75 Å². The van der Waals surface area contributed by atoms with Gasteiger partial charge in [0.2, 0.25) is 18.2 Å². The number of likely N-dealkylation sites (tertiary alicyclic amines) is 1. The minimum atomic E-state index is -0.620. The summed E-state index contributed by atoms with van der Waals surface area (Å²) < 4.78 is 5.90. The number of imide groups is 1. The molecule has 0 aromatic heterocycles. The monoisotopic (exact) mass is 385 g/mol. The number of hydrogen-bond donors (Lipinski definition) is 1. The van der Waals surface area contributed by atoms with Gasteiger partial charge in [0.15, 0.2) is 0 Å². The van der Waals surface area contributed by atoms with Gasteiger partial charge in [0, 0.05) is 25.1 Å². The Kier molecular flexibility index (Phi) is 5.02. The second-order valence-electron chi connectivity index (χ2n) is 7.52.